The molecule has 0 saturated heterocycles. The minimum atomic E-state index is -0.194. The lowest BCUT2D eigenvalue weighted by molar-refractivity contribution is 0.592. The first-order valence-electron chi connectivity index (χ1n) is 10.1. The van der Waals surface area contributed by atoms with Gasteiger partial charge in [-0.05, 0) is 18.2 Å². The largest absolute Gasteiger partial charge is 0.423 e. The van der Waals surface area contributed by atoms with Gasteiger partial charge in [0.1, 0.15) is 0 Å². The van der Waals surface area contributed by atoms with E-state index < -0.39 is 0 Å². The number of nitrogens with zero attached hydrogens (tertiary/aromatic N) is 2. The molecule has 31 heavy (non-hydrogen) atoms. The highest BCUT2D eigenvalue weighted by Crippen LogP contribution is 2.27. The van der Waals surface area contributed by atoms with Crippen LogP contribution in [0.3, 0.4) is 0 Å². The van der Waals surface area contributed by atoms with Crippen molar-refractivity contribution in [3.8, 4) is 22.6 Å². The lowest BCUT2D eigenvalue weighted by atomic mass is 10.0. The maximum Gasteiger partial charge on any atom is 0.299 e. The van der Waals surface area contributed by atoms with Crippen molar-refractivity contribution >= 4 is 22.5 Å². The standard InChI is InChI=1S/C23H16N4O2.C2H6/c28-22-19-9-5-4-8-18(19)21(26-27-22)16-10-12-17(13-11-16)25-23-24-14-20(29-23)15-6-2-1-3-7-15;1-2/h1-14H,(H,24,25)(H,27,28);1-2H3. The quantitative estimate of drug-likeness (QED) is 0.379. The molecular weight excluding hydrogens is 388 g/mol. The highest BCUT2D eigenvalue weighted by molar-refractivity contribution is 5.93. The maximum atomic E-state index is 12.0. The molecule has 3 aromatic carbocycles. The molecule has 6 heteroatoms. The highest BCUT2D eigenvalue weighted by atomic mass is 16.4. The van der Waals surface area contributed by atoms with Crippen LogP contribution in [0.25, 0.3) is 33.4 Å². The van der Waals surface area contributed by atoms with Gasteiger partial charge in [0.05, 0.1) is 17.3 Å². The lowest BCUT2D eigenvalue weighted by Crippen LogP contribution is -2.09. The Morgan fingerprint density at radius 3 is 2.23 bits per heavy atom. The molecule has 0 spiro atoms. The number of hydrogen-bond acceptors (Lipinski definition) is 5. The zero-order valence-electron chi connectivity index (χ0n) is 17.3. The molecule has 0 fully saturated rings. The summed E-state index contributed by atoms with van der Waals surface area (Å²) in [6.45, 7) is 4.00. The van der Waals surface area contributed by atoms with Crippen molar-refractivity contribution in [1.82, 2.24) is 15.2 Å². The summed E-state index contributed by atoms with van der Waals surface area (Å²) in [5.74, 6) is 0.702. The first-order valence-corrected chi connectivity index (χ1v) is 10.1. The number of rotatable bonds is 4. The molecule has 0 radical (unpaired) electrons. The molecule has 0 amide bonds. The number of fused-ring (bicyclic) bond motifs is 1. The molecule has 0 saturated carbocycles. The minimum Gasteiger partial charge on any atom is -0.423 e. The van der Waals surface area contributed by atoms with Gasteiger partial charge in [-0.15, -0.1) is 0 Å². The van der Waals surface area contributed by atoms with Gasteiger partial charge in [0.2, 0.25) is 0 Å². The average molecular weight is 410 g/mol. The molecule has 6 nitrogen and oxygen atoms in total. The second kappa shape index (κ2) is 9.09. The van der Waals surface area contributed by atoms with Crippen LogP contribution in [-0.4, -0.2) is 15.2 Å². The summed E-state index contributed by atoms with van der Waals surface area (Å²) >= 11 is 0. The molecule has 2 aromatic heterocycles. The van der Waals surface area contributed by atoms with Crippen LogP contribution < -0.4 is 10.9 Å². The Kier molecular flexibility index (Phi) is 5.89. The Balaban J connectivity index is 0.00000112. The predicted molar refractivity (Wildman–Crippen MR) is 124 cm³/mol. The summed E-state index contributed by atoms with van der Waals surface area (Å²) in [6.07, 6.45) is 1.70. The third-order valence-corrected chi connectivity index (χ3v) is 4.67. The third-order valence-electron chi connectivity index (χ3n) is 4.67. The zero-order valence-corrected chi connectivity index (χ0v) is 17.3. The van der Waals surface area contributed by atoms with E-state index in [0.29, 0.717) is 17.2 Å². The summed E-state index contributed by atoms with van der Waals surface area (Å²) < 4.78 is 5.79. The van der Waals surface area contributed by atoms with Gasteiger partial charge in [-0.1, -0.05) is 74.5 Å². The molecule has 0 atom stereocenters. The number of nitrogens with one attached hydrogen (secondary N) is 2. The maximum absolute atomic E-state index is 12.0. The van der Waals surface area contributed by atoms with E-state index in [1.807, 2.05) is 86.6 Å². The van der Waals surface area contributed by atoms with E-state index in [1.165, 1.54) is 0 Å². The fourth-order valence-electron chi connectivity index (χ4n) is 3.24. The van der Waals surface area contributed by atoms with E-state index in [2.05, 4.69) is 20.5 Å². The van der Waals surface area contributed by atoms with Gasteiger partial charge in [-0.2, -0.15) is 5.10 Å². The van der Waals surface area contributed by atoms with E-state index in [4.69, 9.17) is 4.42 Å². The smallest absolute Gasteiger partial charge is 0.299 e. The van der Waals surface area contributed by atoms with Crippen LogP contribution in [-0.2, 0) is 0 Å². The molecule has 2 heterocycles. The van der Waals surface area contributed by atoms with Crippen molar-refractivity contribution in [2.45, 2.75) is 13.8 Å². The van der Waals surface area contributed by atoms with Gasteiger partial charge >= 0.3 is 0 Å². The van der Waals surface area contributed by atoms with Crippen LogP contribution >= 0.6 is 0 Å². The second-order valence-corrected chi connectivity index (χ2v) is 6.54. The molecule has 2 N–H and O–H groups in total. The Hall–Kier alpha value is -4.19. The van der Waals surface area contributed by atoms with Crippen molar-refractivity contribution < 1.29 is 4.42 Å². The Bertz CT molecular complexity index is 1340. The second-order valence-electron chi connectivity index (χ2n) is 6.54. The highest BCUT2D eigenvalue weighted by Gasteiger charge is 2.09. The number of hydrogen-bond donors (Lipinski definition) is 2. The van der Waals surface area contributed by atoms with Crippen molar-refractivity contribution in [3.05, 3.63) is 95.4 Å². The van der Waals surface area contributed by atoms with Crippen molar-refractivity contribution in [1.29, 1.82) is 0 Å². The number of anilines is 2. The Morgan fingerprint density at radius 2 is 1.48 bits per heavy atom. The fourth-order valence-corrected chi connectivity index (χ4v) is 3.24. The summed E-state index contributed by atoms with van der Waals surface area (Å²) in [7, 11) is 0. The van der Waals surface area contributed by atoms with Crippen LogP contribution in [0, 0.1) is 0 Å². The molecule has 154 valence electrons. The molecular formula is C25H22N4O2. The van der Waals surface area contributed by atoms with Gasteiger partial charge < -0.3 is 9.73 Å². The van der Waals surface area contributed by atoms with E-state index in [1.54, 1.807) is 12.3 Å². The first-order chi connectivity index (χ1) is 15.3. The molecule has 0 aliphatic heterocycles. The summed E-state index contributed by atoms with van der Waals surface area (Å²) in [5.41, 5.74) is 3.25. The summed E-state index contributed by atoms with van der Waals surface area (Å²) in [4.78, 5) is 16.3. The Labute approximate surface area is 179 Å². The summed E-state index contributed by atoms with van der Waals surface area (Å²) in [5, 5.41) is 11.4. The molecule has 0 aliphatic carbocycles. The SMILES string of the molecule is CC.O=c1[nH]nc(-c2ccc(Nc3ncc(-c4ccccc4)o3)cc2)c2ccccc12. The minimum absolute atomic E-state index is 0.194. The number of aromatic amines is 1. The van der Waals surface area contributed by atoms with Crippen molar-refractivity contribution in [2.24, 2.45) is 0 Å². The van der Waals surface area contributed by atoms with Crippen LogP contribution in [0.15, 0.2) is 94.3 Å². The van der Waals surface area contributed by atoms with Crippen LogP contribution in [0.5, 0.6) is 0 Å². The lowest BCUT2D eigenvalue weighted by Gasteiger charge is -2.07. The Morgan fingerprint density at radius 1 is 0.806 bits per heavy atom. The topological polar surface area (TPSA) is 83.8 Å². The first kappa shape index (κ1) is 20.1. The van der Waals surface area contributed by atoms with Crippen LogP contribution in [0.2, 0.25) is 0 Å². The zero-order chi connectivity index (χ0) is 21.6. The molecule has 0 bridgehead atoms. The van der Waals surface area contributed by atoms with E-state index in [0.717, 1.165) is 27.9 Å². The normalized spacial score (nSPS) is 10.4. The van der Waals surface area contributed by atoms with Crippen molar-refractivity contribution in [2.75, 3.05) is 5.32 Å². The van der Waals surface area contributed by atoms with Crippen molar-refractivity contribution in [3.63, 3.8) is 0 Å². The monoisotopic (exact) mass is 410 g/mol. The van der Waals surface area contributed by atoms with Gasteiger partial charge in [0, 0.05) is 22.2 Å². The van der Waals surface area contributed by atoms with E-state index >= 15 is 0 Å². The van der Waals surface area contributed by atoms with E-state index in [9.17, 15) is 4.79 Å². The number of benzene rings is 3. The van der Waals surface area contributed by atoms with Gasteiger partial charge in [0.15, 0.2) is 5.76 Å². The van der Waals surface area contributed by atoms with Gasteiger partial charge in [-0.25, -0.2) is 10.1 Å². The fraction of sp³-hybridized carbons (Fsp3) is 0.0800. The number of H-pyrrole nitrogens is 1. The molecule has 5 rings (SSSR count). The number of aromatic nitrogens is 3. The molecule has 0 unspecified atom stereocenters. The van der Waals surface area contributed by atoms with Crippen LogP contribution in [0.1, 0.15) is 13.8 Å². The predicted octanol–water partition coefficient (Wildman–Crippen LogP) is 6.01. The van der Waals surface area contributed by atoms with Gasteiger partial charge in [0.25, 0.3) is 11.6 Å². The third kappa shape index (κ3) is 4.23. The average Bonchev–Trinajstić information content (AvgIpc) is 3.31. The van der Waals surface area contributed by atoms with Crippen LogP contribution in [0.4, 0.5) is 11.7 Å². The summed E-state index contributed by atoms with van der Waals surface area (Å²) in [6, 6.07) is 25.4. The number of oxazole rings is 1. The van der Waals surface area contributed by atoms with E-state index in [-0.39, 0.29) is 5.56 Å². The van der Waals surface area contributed by atoms with Gasteiger partial charge in [-0.3, -0.25) is 4.79 Å². The molecule has 0 aliphatic rings. The molecule has 5 aromatic rings.